The quantitative estimate of drug-likeness (QED) is 0.453. The number of carboxylic acid groups (broad SMARTS) is 1. The van der Waals surface area contributed by atoms with Gasteiger partial charge >= 0.3 is 5.97 Å². The van der Waals surface area contributed by atoms with Crippen LogP contribution in [-0.2, 0) is 14.4 Å². The van der Waals surface area contributed by atoms with Gasteiger partial charge in [0.2, 0.25) is 11.8 Å². The normalized spacial score (nSPS) is 12.9. The standard InChI is InChI=1S/C10H19N3O4/c1-10(2,12)5-8(15)13-6(9(16)17)3-4-7(11)14/h6H,3-5,12H2,1-2H3,(H2,11,14)(H,13,15)(H,16,17)/t6-/m0/s1. The molecule has 0 aliphatic carbocycles. The molecule has 0 heterocycles. The molecule has 0 fully saturated rings. The number of nitrogens with one attached hydrogen (secondary N) is 1. The number of nitrogens with two attached hydrogens (primary N) is 2. The highest BCUT2D eigenvalue weighted by Gasteiger charge is 2.23. The van der Waals surface area contributed by atoms with E-state index in [9.17, 15) is 14.4 Å². The van der Waals surface area contributed by atoms with Crippen LogP contribution < -0.4 is 16.8 Å². The zero-order valence-corrected chi connectivity index (χ0v) is 10.0. The summed E-state index contributed by atoms with van der Waals surface area (Å²) in [4.78, 5) is 32.8. The highest BCUT2D eigenvalue weighted by atomic mass is 16.4. The fourth-order valence-electron chi connectivity index (χ4n) is 1.20. The van der Waals surface area contributed by atoms with Gasteiger partial charge in [-0.1, -0.05) is 0 Å². The van der Waals surface area contributed by atoms with Gasteiger partial charge in [-0.25, -0.2) is 4.79 Å². The Morgan fingerprint density at radius 3 is 2.24 bits per heavy atom. The van der Waals surface area contributed by atoms with Crippen molar-refractivity contribution in [2.75, 3.05) is 0 Å². The average molecular weight is 245 g/mol. The summed E-state index contributed by atoms with van der Waals surface area (Å²) in [6.45, 7) is 3.32. The van der Waals surface area contributed by atoms with E-state index in [1.807, 2.05) is 0 Å². The van der Waals surface area contributed by atoms with E-state index in [1.165, 1.54) is 0 Å². The van der Waals surface area contributed by atoms with Gasteiger partial charge in [0.1, 0.15) is 6.04 Å². The van der Waals surface area contributed by atoms with Crippen LogP contribution >= 0.6 is 0 Å². The van der Waals surface area contributed by atoms with Crippen LogP contribution in [0.4, 0.5) is 0 Å². The van der Waals surface area contributed by atoms with Gasteiger partial charge in [-0.15, -0.1) is 0 Å². The Morgan fingerprint density at radius 2 is 1.88 bits per heavy atom. The van der Waals surface area contributed by atoms with Crippen LogP contribution in [0.15, 0.2) is 0 Å². The van der Waals surface area contributed by atoms with Crippen LogP contribution in [-0.4, -0.2) is 34.5 Å². The molecule has 7 nitrogen and oxygen atoms in total. The lowest BCUT2D eigenvalue weighted by Gasteiger charge is -2.20. The molecule has 0 rings (SSSR count). The summed E-state index contributed by atoms with van der Waals surface area (Å²) in [6, 6.07) is -1.11. The van der Waals surface area contributed by atoms with Gasteiger partial charge < -0.3 is 21.9 Å². The van der Waals surface area contributed by atoms with Crippen LogP contribution in [0.3, 0.4) is 0 Å². The molecule has 0 aliphatic rings. The lowest BCUT2D eigenvalue weighted by Crippen LogP contribution is -2.45. The molecule has 0 spiro atoms. The van der Waals surface area contributed by atoms with E-state index >= 15 is 0 Å². The summed E-state index contributed by atoms with van der Waals surface area (Å²) >= 11 is 0. The number of carbonyl (C=O) groups excluding carboxylic acids is 2. The van der Waals surface area contributed by atoms with Gasteiger partial charge in [0.15, 0.2) is 0 Å². The molecule has 0 aromatic heterocycles. The third kappa shape index (κ3) is 8.21. The minimum Gasteiger partial charge on any atom is -0.480 e. The summed E-state index contributed by atoms with van der Waals surface area (Å²) in [5, 5.41) is 11.1. The topological polar surface area (TPSA) is 136 Å². The van der Waals surface area contributed by atoms with Crippen molar-refractivity contribution in [3.8, 4) is 0 Å². The molecular formula is C10H19N3O4. The number of carbonyl (C=O) groups is 3. The van der Waals surface area contributed by atoms with Gasteiger partial charge in [-0.3, -0.25) is 9.59 Å². The Morgan fingerprint density at radius 1 is 1.35 bits per heavy atom. The van der Waals surface area contributed by atoms with Gasteiger partial charge in [0.25, 0.3) is 0 Å². The van der Waals surface area contributed by atoms with Crippen molar-refractivity contribution < 1.29 is 19.5 Å². The molecule has 0 aromatic rings. The highest BCUT2D eigenvalue weighted by Crippen LogP contribution is 2.04. The number of carboxylic acids is 1. The molecule has 0 bridgehead atoms. The zero-order valence-electron chi connectivity index (χ0n) is 10.0. The van der Waals surface area contributed by atoms with Crippen molar-refractivity contribution in [1.82, 2.24) is 5.32 Å². The molecule has 17 heavy (non-hydrogen) atoms. The predicted octanol–water partition coefficient (Wildman–Crippen LogP) is -1.05. The maximum absolute atomic E-state index is 11.4. The van der Waals surface area contributed by atoms with Crippen LogP contribution in [0.5, 0.6) is 0 Å². The minimum absolute atomic E-state index is 0.00729. The molecular weight excluding hydrogens is 226 g/mol. The fourth-order valence-corrected chi connectivity index (χ4v) is 1.20. The molecule has 2 amide bonds. The minimum atomic E-state index is -1.20. The van der Waals surface area contributed by atoms with Crippen molar-refractivity contribution in [1.29, 1.82) is 0 Å². The Labute approximate surface area is 99.5 Å². The number of rotatable bonds is 7. The molecule has 0 aromatic carbocycles. The average Bonchev–Trinajstić information content (AvgIpc) is 2.08. The summed E-state index contributed by atoms with van der Waals surface area (Å²) in [5.41, 5.74) is 9.83. The van der Waals surface area contributed by atoms with Gasteiger partial charge in [0, 0.05) is 18.4 Å². The lowest BCUT2D eigenvalue weighted by atomic mass is 10.0. The largest absolute Gasteiger partial charge is 0.480 e. The second-order valence-corrected chi connectivity index (χ2v) is 4.63. The number of hydrogen-bond donors (Lipinski definition) is 4. The zero-order chi connectivity index (χ0) is 13.6. The first-order valence-electron chi connectivity index (χ1n) is 5.21. The van der Waals surface area contributed by atoms with E-state index in [-0.39, 0.29) is 19.3 Å². The van der Waals surface area contributed by atoms with E-state index in [1.54, 1.807) is 13.8 Å². The van der Waals surface area contributed by atoms with Gasteiger partial charge in [-0.2, -0.15) is 0 Å². The lowest BCUT2D eigenvalue weighted by molar-refractivity contribution is -0.142. The number of amides is 2. The summed E-state index contributed by atoms with van der Waals surface area (Å²) < 4.78 is 0. The SMILES string of the molecule is CC(C)(N)CC(=O)N[C@@H](CCC(N)=O)C(=O)O. The van der Waals surface area contributed by atoms with Crippen molar-refractivity contribution in [3.05, 3.63) is 0 Å². The van der Waals surface area contributed by atoms with E-state index in [0.717, 1.165) is 0 Å². The monoisotopic (exact) mass is 245 g/mol. The molecule has 7 heteroatoms. The van der Waals surface area contributed by atoms with Crippen molar-refractivity contribution in [2.24, 2.45) is 11.5 Å². The molecule has 0 unspecified atom stereocenters. The first-order valence-corrected chi connectivity index (χ1v) is 5.21. The Hall–Kier alpha value is -1.63. The Bertz CT molecular complexity index is 309. The van der Waals surface area contributed by atoms with Crippen molar-refractivity contribution in [3.63, 3.8) is 0 Å². The molecule has 6 N–H and O–H groups in total. The molecule has 0 aliphatic heterocycles. The highest BCUT2D eigenvalue weighted by molar-refractivity contribution is 5.84. The van der Waals surface area contributed by atoms with Crippen LogP contribution in [0.25, 0.3) is 0 Å². The maximum atomic E-state index is 11.4. The predicted molar refractivity (Wildman–Crippen MR) is 60.9 cm³/mol. The maximum Gasteiger partial charge on any atom is 0.326 e. The van der Waals surface area contributed by atoms with E-state index < -0.39 is 29.4 Å². The van der Waals surface area contributed by atoms with E-state index in [2.05, 4.69) is 5.32 Å². The number of aliphatic carboxylic acids is 1. The third-order valence-corrected chi connectivity index (χ3v) is 1.93. The molecule has 1 atom stereocenters. The smallest absolute Gasteiger partial charge is 0.326 e. The molecule has 0 radical (unpaired) electrons. The first kappa shape index (κ1) is 15.4. The Kier molecular flexibility index (Phi) is 5.60. The molecule has 98 valence electrons. The number of primary amides is 1. The number of hydrogen-bond acceptors (Lipinski definition) is 4. The molecule has 0 saturated carbocycles. The second-order valence-electron chi connectivity index (χ2n) is 4.63. The fraction of sp³-hybridized carbons (Fsp3) is 0.700. The summed E-state index contributed by atoms with van der Waals surface area (Å²) in [5.74, 6) is -2.27. The van der Waals surface area contributed by atoms with Crippen LogP contribution in [0, 0.1) is 0 Å². The first-order chi connectivity index (χ1) is 7.61. The Balaban J connectivity index is 4.30. The summed E-state index contributed by atoms with van der Waals surface area (Å²) in [7, 11) is 0. The van der Waals surface area contributed by atoms with Crippen LogP contribution in [0.1, 0.15) is 33.1 Å². The van der Waals surface area contributed by atoms with Gasteiger partial charge in [0.05, 0.1) is 0 Å². The third-order valence-electron chi connectivity index (χ3n) is 1.93. The van der Waals surface area contributed by atoms with Crippen molar-refractivity contribution >= 4 is 17.8 Å². The second kappa shape index (κ2) is 6.19. The van der Waals surface area contributed by atoms with Gasteiger partial charge in [-0.05, 0) is 20.3 Å². The molecule has 0 saturated heterocycles. The summed E-state index contributed by atoms with van der Waals surface area (Å²) in [6.07, 6.45) is -0.113. The van der Waals surface area contributed by atoms with Crippen LogP contribution in [0.2, 0.25) is 0 Å². The van der Waals surface area contributed by atoms with E-state index in [0.29, 0.717) is 0 Å². The van der Waals surface area contributed by atoms with E-state index in [4.69, 9.17) is 16.6 Å². The van der Waals surface area contributed by atoms with Crippen molar-refractivity contribution in [2.45, 2.75) is 44.7 Å².